The van der Waals surface area contributed by atoms with Gasteiger partial charge in [0, 0.05) is 38.9 Å². The molecule has 19 heavy (non-hydrogen) atoms. The Balaban J connectivity index is 1.50. The van der Waals surface area contributed by atoms with E-state index in [1.165, 1.54) is 0 Å². The minimum Gasteiger partial charge on any atom is -0.379 e. The molecule has 0 unspecified atom stereocenters. The molecule has 0 aliphatic carbocycles. The van der Waals surface area contributed by atoms with E-state index in [0.29, 0.717) is 0 Å². The minimum atomic E-state index is -0.352. The molecule has 0 saturated carbocycles. The van der Waals surface area contributed by atoms with E-state index < -0.39 is 0 Å². The summed E-state index contributed by atoms with van der Waals surface area (Å²) < 4.78 is 16.4. The molecule has 2 rings (SSSR count). The molecule has 2 heterocycles. The van der Waals surface area contributed by atoms with Crippen molar-refractivity contribution in [2.24, 2.45) is 0 Å². The summed E-state index contributed by atoms with van der Waals surface area (Å²) in [6.45, 7) is 8.37. The molecule has 0 bridgehead atoms. The lowest BCUT2D eigenvalue weighted by Crippen LogP contribution is -2.36. The SMILES string of the molecule is CC1(CCCC#CCCN2CCOCC2)OCCO1. The first-order valence-corrected chi connectivity index (χ1v) is 7.32. The van der Waals surface area contributed by atoms with Gasteiger partial charge in [0.25, 0.3) is 0 Å². The number of morpholine rings is 1. The Labute approximate surface area is 116 Å². The molecule has 0 aromatic heterocycles. The zero-order chi connectivity index (χ0) is 13.4. The van der Waals surface area contributed by atoms with Crippen LogP contribution in [-0.2, 0) is 14.2 Å². The average Bonchev–Trinajstić information content (AvgIpc) is 2.86. The topological polar surface area (TPSA) is 30.9 Å². The third-order valence-electron chi connectivity index (χ3n) is 3.61. The van der Waals surface area contributed by atoms with Crippen LogP contribution in [0.25, 0.3) is 0 Å². The molecule has 0 atom stereocenters. The predicted molar refractivity (Wildman–Crippen MR) is 73.8 cm³/mol. The first kappa shape index (κ1) is 14.8. The zero-order valence-electron chi connectivity index (χ0n) is 12.0. The van der Waals surface area contributed by atoms with Crippen molar-refractivity contribution >= 4 is 0 Å². The van der Waals surface area contributed by atoms with E-state index in [1.807, 2.05) is 6.92 Å². The van der Waals surface area contributed by atoms with Gasteiger partial charge in [0.1, 0.15) is 0 Å². The summed E-state index contributed by atoms with van der Waals surface area (Å²) in [5.74, 6) is 6.15. The average molecular weight is 267 g/mol. The predicted octanol–water partition coefficient (Wildman–Crippen LogP) is 1.65. The third-order valence-corrected chi connectivity index (χ3v) is 3.61. The fraction of sp³-hybridized carbons (Fsp3) is 0.867. The summed E-state index contributed by atoms with van der Waals surface area (Å²) >= 11 is 0. The van der Waals surface area contributed by atoms with E-state index in [0.717, 1.165) is 71.7 Å². The monoisotopic (exact) mass is 267 g/mol. The molecular weight excluding hydrogens is 242 g/mol. The summed E-state index contributed by atoms with van der Waals surface area (Å²) in [6, 6.07) is 0. The smallest absolute Gasteiger partial charge is 0.165 e. The number of unbranched alkanes of at least 4 members (excludes halogenated alkanes) is 1. The maximum absolute atomic E-state index is 5.56. The number of hydrogen-bond acceptors (Lipinski definition) is 4. The Morgan fingerprint density at radius 2 is 1.68 bits per heavy atom. The lowest BCUT2D eigenvalue weighted by Gasteiger charge is -2.25. The number of rotatable bonds is 5. The summed E-state index contributed by atoms with van der Waals surface area (Å²) in [4.78, 5) is 2.42. The largest absolute Gasteiger partial charge is 0.379 e. The molecule has 0 N–H and O–H groups in total. The molecule has 0 amide bonds. The first-order chi connectivity index (χ1) is 9.29. The molecule has 2 aliphatic heterocycles. The highest BCUT2D eigenvalue weighted by Gasteiger charge is 2.29. The van der Waals surface area contributed by atoms with E-state index in [1.54, 1.807) is 0 Å². The zero-order valence-corrected chi connectivity index (χ0v) is 12.0. The lowest BCUT2D eigenvalue weighted by atomic mass is 10.1. The second kappa shape index (κ2) is 7.86. The van der Waals surface area contributed by atoms with Crippen LogP contribution in [0.1, 0.15) is 32.6 Å². The molecule has 2 aliphatic rings. The van der Waals surface area contributed by atoms with Gasteiger partial charge in [0.2, 0.25) is 0 Å². The number of nitrogens with zero attached hydrogens (tertiary/aromatic N) is 1. The van der Waals surface area contributed by atoms with Crippen LogP contribution in [0.4, 0.5) is 0 Å². The van der Waals surface area contributed by atoms with Gasteiger partial charge < -0.3 is 14.2 Å². The molecule has 0 radical (unpaired) electrons. The highest BCUT2D eigenvalue weighted by Crippen LogP contribution is 2.24. The van der Waals surface area contributed by atoms with Gasteiger partial charge in [0.15, 0.2) is 5.79 Å². The maximum atomic E-state index is 5.56. The van der Waals surface area contributed by atoms with Crippen molar-refractivity contribution < 1.29 is 14.2 Å². The van der Waals surface area contributed by atoms with Gasteiger partial charge in [-0.25, -0.2) is 0 Å². The van der Waals surface area contributed by atoms with E-state index >= 15 is 0 Å². The molecule has 0 aromatic carbocycles. The van der Waals surface area contributed by atoms with Gasteiger partial charge >= 0.3 is 0 Å². The second-order valence-electron chi connectivity index (χ2n) is 5.24. The highest BCUT2D eigenvalue weighted by atomic mass is 16.7. The van der Waals surface area contributed by atoms with Crippen molar-refractivity contribution in [2.75, 3.05) is 46.1 Å². The molecular formula is C15H25NO3. The molecule has 4 nitrogen and oxygen atoms in total. The maximum Gasteiger partial charge on any atom is 0.165 e. The molecule has 108 valence electrons. The van der Waals surface area contributed by atoms with Crippen molar-refractivity contribution in [3.63, 3.8) is 0 Å². The Morgan fingerprint density at radius 1 is 1.00 bits per heavy atom. The van der Waals surface area contributed by atoms with Crippen LogP contribution in [0.15, 0.2) is 0 Å². The van der Waals surface area contributed by atoms with Crippen LogP contribution >= 0.6 is 0 Å². The summed E-state index contributed by atoms with van der Waals surface area (Å²) in [5.41, 5.74) is 0. The van der Waals surface area contributed by atoms with Crippen molar-refractivity contribution in [3.8, 4) is 11.8 Å². The fourth-order valence-corrected chi connectivity index (χ4v) is 2.41. The van der Waals surface area contributed by atoms with Crippen molar-refractivity contribution in [1.82, 2.24) is 4.90 Å². The van der Waals surface area contributed by atoms with Gasteiger partial charge in [-0.05, 0) is 13.3 Å². The van der Waals surface area contributed by atoms with E-state index in [2.05, 4.69) is 16.7 Å². The van der Waals surface area contributed by atoms with Gasteiger partial charge in [-0.1, -0.05) is 0 Å². The van der Waals surface area contributed by atoms with Crippen molar-refractivity contribution in [1.29, 1.82) is 0 Å². The van der Waals surface area contributed by atoms with Crippen LogP contribution in [0.2, 0.25) is 0 Å². The number of hydrogen-bond donors (Lipinski definition) is 0. The highest BCUT2D eigenvalue weighted by molar-refractivity contribution is 4.99. The lowest BCUT2D eigenvalue weighted by molar-refractivity contribution is -0.147. The van der Waals surface area contributed by atoms with Crippen LogP contribution in [0.5, 0.6) is 0 Å². The van der Waals surface area contributed by atoms with E-state index in [9.17, 15) is 0 Å². The Morgan fingerprint density at radius 3 is 2.42 bits per heavy atom. The fourth-order valence-electron chi connectivity index (χ4n) is 2.41. The summed E-state index contributed by atoms with van der Waals surface area (Å²) in [7, 11) is 0. The molecule has 0 aromatic rings. The van der Waals surface area contributed by atoms with Crippen molar-refractivity contribution in [3.05, 3.63) is 0 Å². The van der Waals surface area contributed by atoms with Crippen LogP contribution in [0, 0.1) is 11.8 Å². The molecule has 2 saturated heterocycles. The Kier molecular flexibility index (Phi) is 6.12. The Bertz CT molecular complexity index is 309. The normalized spacial score (nSPS) is 23.0. The molecule has 4 heteroatoms. The minimum absolute atomic E-state index is 0.352. The van der Waals surface area contributed by atoms with Crippen LogP contribution in [0.3, 0.4) is 0 Å². The number of ether oxygens (including phenoxy) is 3. The quantitative estimate of drug-likeness (QED) is 0.560. The second-order valence-corrected chi connectivity index (χ2v) is 5.24. The summed E-state index contributed by atoms with van der Waals surface area (Å²) in [6.07, 6.45) is 3.88. The van der Waals surface area contributed by atoms with Crippen molar-refractivity contribution in [2.45, 2.75) is 38.4 Å². The third kappa shape index (κ3) is 5.50. The Hall–Kier alpha value is -0.600. The standard InChI is InChI=1S/C15H25NO3/c1-15(18-13-14-19-15)7-5-3-2-4-6-8-16-9-11-17-12-10-16/h3,5-14H2,1H3. The summed E-state index contributed by atoms with van der Waals surface area (Å²) in [5, 5.41) is 0. The van der Waals surface area contributed by atoms with Gasteiger partial charge in [-0.2, -0.15) is 0 Å². The molecule has 2 fully saturated rings. The van der Waals surface area contributed by atoms with Crippen LogP contribution in [-0.4, -0.2) is 56.7 Å². The van der Waals surface area contributed by atoms with E-state index in [4.69, 9.17) is 14.2 Å². The van der Waals surface area contributed by atoms with Gasteiger partial charge in [0.05, 0.1) is 26.4 Å². The van der Waals surface area contributed by atoms with Gasteiger partial charge in [-0.3, -0.25) is 4.90 Å². The van der Waals surface area contributed by atoms with E-state index in [-0.39, 0.29) is 5.79 Å². The van der Waals surface area contributed by atoms with Crippen LogP contribution < -0.4 is 0 Å². The first-order valence-electron chi connectivity index (χ1n) is 7.32. The molecule has 0 spiro atoms. The van der Waals surface area contributed by atoms with Gasteiger partial charge in [-0.15, -0.1) is 11.8 Å².